The minimum Gasteiger partial charge on any atom is -0.393 e. The average Bonchev–Trinajstić information content (AvgIpc) is 2.81. The van der Waals surface area contributed by atoms with E-state index in [0.717, 1.165) is 5.01 Å². The highest BCUT2D eigenvalue weighted by atomic mass is 32.1. The molecular formula is C12H14N4O2S. The summed E-state index contributed by atoms with van der Waals surface area (Å²) in [5.74, 6) is 0. The van der Waals surface area contributed by atoms with Crippen molar-refractivity contribution in [1.29, 1.82) is 0 Å². The number of nitro benzene ring substituents is 1. The first-order valence-corrected chi connectivity index (χ1v) is 6.51. The third kappa shape index (κ3) is 2.65. The summed E-state index contributed by atoms with van der Waals surface area (Å²) in [5.41, 5.74) is 5.59. The molecular weight excluding hydrogens is 264 g/mol. The number of aromatic nitrogens is 1. The van der Waals surface area contributed by atoms with E-state index >= 15 is 0 Å². The van der Waals surface area contributed by atoms with Crippen LogP contribution >= 0.6 is 11.3 Å². The van der Waals surface area contributed by atoms with E-state index in [1.54, 1.807) is 18.3 Å². The third-order valence-electron chi connectivity index (χ3n) is 2.66. The third-order valence-corrected chi connectivity index (χ3v) is 3.76. The molecule has 0 fully saturated rings. The number of nitrogens with one attached hydrogen (secondary N) is 1. The lowest BCUT2D eigenvalue weighted by Crippen LogP contribution is -2.28. The van der Waals surface area contributed by atoms with Crippen molar-refractivity contribution in [3.05, 3.63) is 44.9 Å². The number of rotatable bonds is 4. The van der Waals surface area contributed by atoms with Crippen LogP contribution in [0, 0.1) is 10.1 Å². The fourth-order valence-electron chi connectivity index (χ4n) is 1.79. The number of hydrogen-bond donors (Lipinski definition) is 2. The van der Waals surface area contributed by atoms with Crippen molar-refractivity contribution in [2.24, 2.45) is 0 Å². The first-order valence-electron chi connectivity index (χ1n) is 5.63. The van der Waals surface area contributed by atoms with Crippen molar-refractivity contribution in [3.63, 3.8) is 0 Å². The van der Waals surface area contributed by atoms with E-state index < -0.39 is 10.5 Å². The molecule has 1 aromatic carbocycles. The molecule has 0 spiro atoms. The van der Waals surface area contributed by atoms with Gasteiger partial charge in [0.05, 0.1) is 10.5 Å². The molecule has 0 atom stereocenters. The molecule has 0 saturated carbocycles. The Hall–Kier alpha value is -2.15. The second-order valence-corrected chi connectivity index (χ2v) is 5.48. The molecule has 6 nitrogen and oxygen atoms in total. The van der Waals surface area contributed by atoms with Crippen LogP contribution in [0.15, 0.2) is 29.8 Å². The second kappa shape index (κ2) is 4.85. The summed E-state index contributed by atoms with van der Waals surface area (Å²) < 4.78 is 0. The summed E-state index contributed by atoms with van der Waals surface area (Å²) in [6.07, 6.45) is 1.71. The van der Waals surface area contributed by atoms with Gasteiger partial charge in [-0.15, -0.1) is 11.3 Å². The standard InChI is InChI=1S/C12H14N4O2S/c1-12(2,11-14-6-7-19-11)15-9-5-3-4-8(13)10(9)16(17)18/h3-7,15H,13H2,1-2H3. The van der Waals surface area contributed by atoms with E-state index in [1.165, 1.54) is 17.4 Å². The van der Waals surface area contributed by atoms with Crippen LogP contribution in [-0.4, -0.2) is 9.91 Å². The normalized spacial score (nSPS) is 11.3. The smallest absolute Gasteiger partial charge is 0.314 e. The summed E-state index contributed by atoms with van der Waals surface area (Å²) in [7, 11) is 0. The zero-order chi connectivity index (χ0) is 14.0. The van der Waals surface area contributed by atoms with Gasteiger partial charge in [-0.2, -0.15) is 0 Å². The number of benzene rings is 1. The predicted octanol–water partition coefficient (Wildman–Crippen LogP) is 2.98. The Labute approximate surface area is 114 Å². The van der Waals surface area contributed by atoms with Crippen molar-refractivity contribution in [1.82, 2.24) is 4.98 Å². The number of anilines is 2. The number of hydrogen-bond acceptors (Lipinski definition) is 6. The molecule has 0 amide bonds. The molecule has 0 aliphatic rings. The van der Waals surface area contributed by atoms with Gasteiger partial charge in [0.2, 0.25) is 0 Å². The first kappa shape index (κ1) is 13.3. The highest BCUT2D eigenvalue weighted by Gasteiger charge is 2.27. The highest BCUT2D eigenvalue weighted by molar-refractivity contribution is 7.09. The van der Waals surface area contributed by atoms with Crippen molar-refractivity contribution in [2.45, 2.75) is 19.4 Å². The lowest BCUT2D eigenvalue weighted by molar-refractivity contribution is -0.383. The zero-order valence-electron chi connectivity index (χ0n) is 10.6. The van der Waals surface area contributed by atoms with Crippen LogP contribution in [0.2, 0.25) is 0 Å². The van der Waals surface area contributed by atoms with Crippen LogP contribution in [-0.2, 0) is 5.54 Å². The molecule has 0 unspecified atom stereocenters. The average molecular weight is 278 g/mol. The topological polar surface area (TPSA) is 94.1 Å². The summed E-state index contributed by atoms with van der Waals surface area (Å²) >= 11 is 1.49. The Bertz CT molecular complexity index is 596. The molecule has 2 rings (SSSR count). The maximum Gasteiger partial charge on any atom is 0.314 e. The van der Waals surface area contributed by atoms with Gasteiger partial charge in [0.15, 0.2) is 0 Å². The molecule has 0 bridgehead atoms. The Morgan fingerprint density at radius 3 is 2.79 bits per heavy atom. The molecule has 0 aliphatic heterocycles. The van der Waals surface area contributed by atoms with Gasteiger partial charge in [-0.1, -0.05) is 6.07 Å². The molecule has 100 valence electrons. The van der Waals surface area contributed by atoms with Crippen molar-refractivity contribution >= 4 is 28.4 Å². The molecule has 19 heavy (non-hydrogen) atoms. The molecule has 0 aliphatic carbocycles. The maximum atomic E-state index is 11.1. The van der Waals surface area contributed by atoms with E-state index in [1.807, 2.05) is 19.2 Å². The van der Waals surface area contributed by atoms with Crippen LogP contribution in [0.25, 0.3) is 0 Å². The van der Waals surface area contributed by atoms with E-state index in [-0.39, 0.29) is 11.4 Å². The molecule has 1 aromatic heterocycles. The molecule has 2 aromatic rings. The Morgan fingerprint density at radius 2 is 2.21 bits per heavy atom. The SMILES string of the molecule is CC(C)(Nc1cccc(N)c1[N+](=O)[O-])c1nccs1. The number of para-hydroxylation sites is 1. The molecule has 0 saturated heterocycles. The van der Waals surface area contributed by atoms with Crippen molar-refractivity contribution in [3.8, 4) is 0 Å². The first-order chi connectivity index (χ1) is 8.92. The van der Waals surface area contributed by atoms with Gasteiger partial charge in [0.25, 0.3) is 0 Å². The van der Waals surface area contributed by atoms with Crippen molar-refractivity contribution < 1.29 is 4.92 Å². The fraction of sp³-hybridized carbons (Fsp3) is 0.250. The lowest BCUT2D eigenvalue weighted by Gasteiger charge is -2.25. The van der Waals surface area contributed by atoms with E-state index in [9.17, 15) is 10.1 Å². The number of nitro groups is 1. The van der Waals surface area contributed by atoms with E-state index in [2.05, 4.69) is 10.3 Å². The Kier molecular flexibility index (Phi) is 3.39. The molecule has 3 N–H and O–H groups in total. The van der Waals surface area contributed by atoms with Crippen molar-refractivity contribution in [2.75, 3.05) is 11.1 Å². The van der Waals surface area contributed by atoms with Gasteiger partial charge in [-0.3, -0.25) is 10.1 Å². The van der Waals surface area contributed by atoms with Crippen LogP contribution in [0.4, 0.5) is 17.1 Å². The quantitative estimate of drug-likeness (QED) is 0.509. The number of nitrogen functional groups attached to an aromatic ring is 1. The van der Waals surface area contributed by atoms with Gasteiger partial charge < -0.3 is 11.1 Å². The summed E-state index contributed by atoms with van der Waals surface area (Å²) in [6.45, 7) is 3.83. The van der Waals surface area contributed by atoms with Crippen LogP contribution in [0.1, 0.15) is 18.9 Å². The summed E-state index contributed by atoms with van der Waals surface area (Å²) in [6, 6.07) is 4.84. The number of nitrogens with two attached hydrogens (primary N) is 1. The van der Waals surface area contributed by atoms with Gasteiger partial charge in [0, 0.05) is 11.6 Å². The minimum absolute atomic E-state index is 0.105. The number of thiazole rings is 1. The van der Waals surface area contributed by atoms with Crippen LogP contribution in [0.5, 0.6) is 0 Å². The minimum atomic E-state index is -0.507. The van der Waals surface area contributed by atoms with Gasteiger partial charge >= 0.3 is 5.69 Å². The summed E-state index contributed by atoms with van der Waals surface area (Å²) in [5, 5.41) is 16.9. The second-order valence-electron chi connectivity index (χ2n) is 4.59. The predicted molar refractivity (Wildman–Crippen MR) is 76.3 cm³/mol. The largest absolute Gasteiger partial charge is 0.393 e. The summed E-state index contributed by atoms with van der Waals surface area (Å²) in [4.78, 5) is 14.8. The van der Waals surface area contributed by atoms with Crippen LogP contribution < -0.4 is 11.1 Å². The monoisotopic (exact) mass is 278 g/mol. The van der Waals surface area contributed by atoms with E-state index in [0.29, 0.717) is 5.69 Å². The molecule has 1 heterocycles. The van der Waals surface area contributed by atoms with Gasteiger partial charge in [0.1, 0.15) is 16.4 Å². The van der Waals surface area contributed by atoms with E-state index in [4.69, 9.17) is 5.73 Å². The fourth-order valence-corrected chi connectivity index (χ4v) is 2.51. The highest BCUT2D eigenvalue weighted by Crippen LogP contribution is 2.35. The lowest BCUT2D eigenvalue weighted by atomic mass is 10.1. The van der Waals surface area contributed by atoms with Gasteiger partial charge in [-0.25, -0.2) is 4.98 Å². The Balaban J connectivity index is 2.39. The molecule has 7 heteroatoms. The maximum absolute atomic E-state index is 11.1. The molecule has 0 radical (unpaired) electrons. The zero-order valence-corrected chi connectivity index (χ0v) is 11.4. The van der Waals surface area contributed by atoms with Gasteiger partial charge in [-0.05, 0) is 26.0 Å². The Morgan fingerprint density at radius 1 is 1.47 bits per heavy atom. The van der Waals surface area contributed by atoms with Crippen LogP contribution in [0.3, 0.4) is 0 Å². The number of nitrogens with zero attached hydrogens (tertiary/aromatic N) is 2.